The maximum atomic E-state index is 13.0. The second kappa shape index (κ2) is 5.30. The van der Waals surface area contributed by atoms with E-state index >= 15 is 0 Å². The minimum absolute atomic E-state index is 0.0570. The molecule has 0 radical (unpaired) electrons. The molecule has 0 saturated heterocycles. The van der Waals surface area contributed by atoms with Gasteiger partial charge >= 0.3 is 0 Å². The van der Waals surface area contributed by atoms with Gasteiger partial charge in [-0.15, -0.1) is 11.3 Å². The molecule has 21 heavy (non-hydrogen) atoms. The summed E-state index contributed by atoms with van der Waals surface area (Å²) in [4.78, 5) is 20.3. The number of aromatic nitrogens is 1. The van der Waals surface area contributed by atoms with Crippen molar-refractivity contribution < 1.29 is 9.21 Å². The molecule has 0 bridgehead atoms. The van der Waals surface area contributed by atoms with Gasteiger partial charge in [-0.3, -0.25) is 4.79 Å². The number of hydrogen-bond donors (Lipinski definition) is 0. The third-order valence-electron chi connectivity index (χ3n) is 4.41. The molecule has 2 aromatic rings. The summed E-state index contributed by atoms with van der Waals surface area (Å²) in [5.41, 5.74) is 0.483. The maximum Gasteiger partial charge on any atom is 0.277 e. The molecule has 0 N–H and O–H groups in total. The SMILES string of the molecule is O=C(c1ncoc1-c1cccs1)N(C1CCCC1)C1CC1. The fraction of sp³-hybridized carbons (Fsp3) is 0.500. The molecule has 4 nitrogen and oxygen atoms in total. The van der Waals surface area contributed by atoms with Crippen LogP contribution in [0.25, 0.3) is 10.6 Å². The van der Waals surface area contributed by atoms with Crippen LogP contribution in [0.2, 0.25) is 0 Å². The van der Waals surface area contributed by atoms with Gasteiger partial charge in [-0.05, 0) is 37.1 Å². The zero-order chi connectivity index (χ0) is 14.2. The van der Waals surface area contributed by atoms with Gasteiger partial charge in [0.1, 0.15) is 0 Å². The van der Waals surface area contributed by atoms with E-state index in [9.17, 15) is 4.79 Å². The van der Waals surface area contributed by atoms with Crippen molar-refractivity contribution in [1.82, 2.24) is 9.88 Å². The van der Waals surface area contributed by atoms with Crippen molar-refractivity contribution in [2.45, 2.75) is 50.6 Å². The molecule has 2 aromatic heterocycles. The molecule has 2 aliphatic carbocycles. The van der Waals surface area contributed by atoms with Crippen LogP contribution in [0.4, 0.5) is 0 Å². The topological polar surface area (TPSA) is 46.3 Å². The normalized spacial score (nSPS) is 19.0. The van der Waals surface area contributed by atoms with E-state index in [1.807, 2.05) is 17.5 Å². The number of rotatable bonds is 4. The molecule has 0 spiro atoms. The van der Waals surface area contributed by atoms with Crippen molar-refractivity contribution in [3.63, 3.8) is 0 Å². The zero-order valence-electron chi connectivity index (χ0n) is 11.8. The number of oxazole rings is 1. The summed E-state index contributed by atoms with van der Waals surface area (Å²) >= 11 is 1.58. The Morgan fingerprint density at radius 2 is 2.00 bits per heavy atom. The van der Waals surface area contributed by atoms with Gasteiger partial charge in [-0.1, -0.05) is 18.9 Å². The van der Waals surface area contributed by atoms with Crippen LogP contribution in [0.5, 0.6) is 0 Å². The van der Waals surface area contributed by atoms with Crippen LogP contribution >= 0.6 is 11.3 Å². The molecular formula is C16H18N2O2S. The summed E-state index contributed by atoms with van der Waals surface area (Å²) < 4.78 is 5.49. The van der Waals surface area contributed by atoms with Gasteiger partial charge in [0, 0.05) is 12.1 Å². The van der Waals surface area contributed by atoms with E-state index in [1.165, 1.54) is 19.2 Å². The minimum atomic E-state index is 0.0570. The lowest BCUT2D eigenvalue weighted by Gasteiger charge is -2.28. The third kappa shape index (κ3) is 2.39. The van der Waals surface area contributed by atoms with Crippen LogP contribution in [-0.2, 0) is 0 Å². The molecular weight excluding hydrogens is 284 g/mol. The van der Waals surface area contributed by atoms with Crippen LogP contribution < -0.4 is 0 Å². The predicted molar refractivity (Wildman–Crippen MR) is 81.3 cm³/mol. The Morgan fingerprint density at radius 1 is 1.24 bits per heavy atom. The smallest absolute Gasteiger partial charge is 0.277 e. The minimum Gasteiger partial charge on any atom is -0.442 e. The number of carbonyl (C=O) groups excluding carboxylic acids is 1. The molecule has 5 heteroatoms. The van der Waals surface area contributed by atoms with Crippen LogP contribution in [0.15, 0.2) is 28.3 Å². The second-order valence-corrected chi connectivity index (χ2v) is 6.84. The third-order valence-corrected chi connectivity index (χ3v) is 5.28. The Bertz CT molecular complexity index is 625. The number of nitrogens with zero attached hydrogens (tertiary/aromatic N) is 2. The largest absolute Gasteiger partial charge is 0.442 e. The molecule has 2 saturated carbocycles. The summed E-state index contributed by atoms with van der Waals surface area (Å²) in [6, 6.07) is 4.76. The van der Waals surface area contributed by atoms with E-state index in [0.717, 1.165) is 30.6 Å². The summed E-state index contributed by atoms with van der Waals surface area (Å²) in [7, 11) is 0. The standard InChI is InChI=1S/C16H18N2O2S/c19-16(18(12-7-8-12)11-4-1-2-5-11)14-15(20-10-17-14)13-6-3-9-21-13/h3,6,9-12H,1-2,4-5,7-8H2. The van der Waals surface area contributed by atoms with Gasteiger partial charge in [0.15, 0.2) is 17.8 Å². The average molecular weight is 302 g/mol. The van der Waals surface area contributed by atoms with E-state index in [4.69, 9.17) is 4.42 Å². The molecule has 4 rings (SSSR count). The highest BCUT2D eigenvalue weighted by Crippen LogP contribution is 2.37. The molecule has 2 aliphatic rings. The van der Waals surface area contributed by atoms with Crippen LogP contribution in [0.3, 0.4) is 0 Å². The molecule has 2 fully saturated rings. The Labute approximate surface area is 127 Å². The van der Waals surface area contributed by atoms with E-state index in [0.29, 0.717) is 23.5 Å². The van der Waals surface area contributed by atoms with E-state index in [2.05, 4.69) is 9.88 Å². The maximum absolute atomic E-state index is 13.0. The van der Waals surface area contributed by atoms with Crippen molar-refractivity contribution in [2.24, 2.45) is 0 Å². The highest BCUT2D eigenvalue weighted by Gasteiger charge is 2.40. The van der Waals surface area contributed by atoms with Crippen molar-refractivity contribution >= 4 is 17.2 Å². The van der Waals surface area contributed by atoms with Crippen molar-refractivity contribution in [3.8, 4) is 10.6 Å². The summed E-state index contributed by atoms with van der Waals surface area (Å²) in [6.45, 7) is 0. The first-order chi connectivity index (χ1) is 10.3. The Kier molecular flexibility index (Phi) is 3.30. The quantitative estimate of drug-likeness (QED) is 0.859. The predicted octanol–water partition coefficient (Wildman–Crippen LogP) is 3.95. The van der Waals surface area contributed by atoms with E-state index in [-0.39, 0.29) is 5.91 Å². The van der Waals surface area contributed by atoms with Crippen LogP contribution in [-0.4, -0.2) is 27.9 Å². The van der Waals surface area contributed by atoms with Crippen molar-refractivity contribution in [3.05, 3.63) is 29.6 Å². The molecule has 1 amide bonds. The first-order valence-electron chi connectivity index (χ1n) is 7.64. The van der Waals surface area contributed by atoms with Crippen molar-refractivity contribution in [1.29, 1.82) is 0 Å². The molecule has 0 atom stereocenters. The number of amides is 1. The van der Waals surface area contributed by atoms with Gasteiger partial charge in [-0.2, -0.15) is 0 Å². The molecule has 2 heterocycles. The lowest BCUT2D eigenvalue weighted by atomic mass is 10.1. The van der Waals surface area contributed by atoms with Crippen LogP contribution in [0.1, 0.15) is 49.0 Å². The summed E-state index contributed by atoms with van der Waals surface area (Å²) in [6.07, 6.45) is 8.39. The highest BCUT2D eigenvalue weighted by atomic mass is 32.1. The van der Waals surface area contributed by atoms with Gasteiger partial charge in [0.05, 0.1) is 4.88 Å². The summed E-state index contributed by atoms with van der Waals surface area (Å²) in [5.74, 6) is 0.681. The first kappa shape index (κ1) is 13.1. The van der Waals surface area contributed by atoms with Gasteiger partial charge in [0.2, 0.25) is 0 Å². The fourth-order valence-corrected chi connectivity index (χ4v) is 3.98. The lowest BCUT2D eigenvalue weighted by Crippen LogP contribution is -2.40. The molecule has 0 aliphatic heterocycles. The second-order valence-electron chi connectivity index (χ2n) is 5.89. The highest BCUT2D eigenvalue weighted by molar-refractivity contribution is 7.13. The number of thiophene rings is 1. The van der Waals surface area contributed by atoms with Gasteiger partial charge in [-0.25, -0.2) is 4.98 Å². The Morgan fingerprint density at radius 3 is 2.67 bits per heavy atom. The Balaban J connectivity index is 1.66. The zero-order valence-corrected chi connectivity index (χ0v) is 12.6. The average Bonchev–Trinajstić information content (AvgIpc) is 2.99. The monoisotopic (exact) mass is 302 g/mol. The van der Waals surface area contributed by atoms with Crippen molar-refractivity contribution in [2.75, 3.05) is 0 Å². The van der Waals surface area contributed by atoms with Gasteiger partial charge in [0.25, 0.3) is 5.91 Å². The van der Waals surface area contributed by atoms with Gasteiger partial charge < -0.3 is 9.32 Å². The van der Waals surface area contributed by atoms with E-state index in [1.54, 1.807) is 11.3 Å². The molecule has 0 unspecified atom stereocenters. The summed E-state index contributed by atoms with van der Waals surface area (Å²) in [5, 5.41) is 1.99. The first-order valence-corrected chi connectivity index (χ1v) is 8.52. The van der Waals surface area contributed by atoms with Crippen LogP contribution in [0, 0.1) is 0 Å². The van der Waals surface area contributed by atoms with E-state index < -0.39 is 0 Å². The number of hydrogen-bond acceptors (Lipinski definition) is 4. The molecule has 110 valence electrons. The molecule has 0 aromatic carbocycles. The lowest BCUT2D eigenvalue weighted by molar-refractivity contribution is 0.0659. The fourth-order valence-electron chi connectivity index (χ4n) is 3.27. The number of carbonyl (C=O) groups is 1. The Hall–Kier alpha value is -1.62.